The Kier molecular flexibility index (Phi) is 3.07. The van der Waals surface area contributed by atoms with Gasteiger partial charge < -0.3 is 9.84 Å². The second-order valence-electron chi connectivity index (χ2n) is 8.59. The van der Waals surface area contributed by atoms with E-state index < -0.39 is 0 Å². The number of aliphatic hydroxyl groups excluding tert-OH is 1. The van der Waals surface area contributed by atoms with E-state index in [1.165, 1.54) is 19.3 Å². The second kappa shape index (κ2) is 4.55. The summed E-state index contributed by atoms with van der Waals surface area (Å²) in [5, 5.41) is 10.0. The normalized spacial score (nSPS) is 56.5. The first kappa shape index (κ1) is 14.2. The van der Waals surface area contributed by atoms with Gasteiger partial charge in [-0.1, -0.05) is 13.8 Å². The van der Waals surface area contributed by atoms with Crippen molar-refractivity contribution >= 4 is 5.78 Å². The molecule has 0 radical (unpaired) electrons. The van der Waals surface area contributed by atoms with Crippen molar-refractivity contribution in [2.75, 3.05) is 6.61 Å². The fraction of sp³-hybridized carbons (Fsp3) is 0.944. The van der Waals surface area contributed by atoms with Crippen molar-refractivity contribution in [1.29, 1.82) is 0 Å². The minimum absolute atomic E-state index is 0.0854. The predicted octanol–water partition coefficient (Wildman–Crippen LogP) is 2.95. The first-order valence-electron chi connectivity index (χ1n) is 8.78. The molecule has 4 rings (SSSR count). The number of Topliss-reactive ketones (excluding diaryl/α,β-unsaturated/α-hetero) is 1. The van der Waals surface area contributed by atoms with E-state index in [-0.39, 0.29) is 17.6 Å². The second-order valence-corrected chi connectivity index (χ2v) is 8.59. The summed E-state index contributed by atoms with van der Waals surface area (Å²) in [6, 6.07) is 0. The highest BCUT2D eigenvalue weighted by molar-refractivity contribution is 5.88. The van der Waals surface area contributed by atoms with Crippen LogP contribution in [0.3, 0.4) is 0 Å². The average Bonchev–Trinajstić information content (AvgIpc) is 2.76. The van der Waals surface area contributed by atoms with Gasteiger partial charge in [-0.2, -0.15) is 0 Å². The van der Waals surface area contributed by atoms with Gasteiger partial charge in [-0.25, -0.2) is 0 Å². The Labute approximate surface area is 127 Å². The van der Waals surface area contributed by atoms with Crippen LogP contribution in [0.2, 0.25) is 0 Å². The molecule has 3 aliphatic carbocycles. The van der Waals surface area contributed by atoms with Crippen LogP contribution in [0, 0.1) is 28.6 Å². The summed E-state index contributed by atoms with van der Waals surface area (Å²) in [5.41, 5.74) is 0.150. The van der Waals surface area contributed by atoms with Gasteiger partial charge in [0.05, 0.1) is 17.6 Å². The average molecular weight is 292 g/mol. The van der Waals surface area contributed by atoms with Crippen molar-refractivity contribution in [2.45, 2.75) is 71.0 Å². The number of rotatable bonds is 0. The lowest BCUT2D eigenvalue weighted by atomic mass is 9.46. The van der Waals surface area contributed by atoms with Crippen LogP contribution in [-0.4, -0.2) is 29.7 Å². The van der Waals surface area contributed by atoms with Crippen molar-refractivity contribution in [3.63, 3.8) is 0 Å². The number of carbonyl (C=O) groups is 1. The van der Waals surface area contributed by atoms with Crippen LogP contribution in [0.1, 0.15) is 58.8 Å². The van der Waals surface area contributed by atoms with Crippen LogP contribution < -0.4 is 0 Å². The third-order valence-electron chi connectivity index (χ3n) is 7.74. The van der Waals surface area contributed by atoms with Crippen LogP contribution in [0.25, 0.3) is 0 Å². The summed E-state index contributed by atoms with van der Waals surface area (Å²) in [7, 11) is 0. The topological polar surface area (TPSA) is 46.5 Å². The first-order chi connectivity index (χ1) is 9.95. The Hall–Kier alpha value is -0.410. The van der Waals surface area contributed by atoms with E-state index in [9.17, 15) is 9.90 Å². The summed E-state index contributed by atoms with van der Waals surface area (Å²) < 4.78 is 5.99. The van der Waals surface area contributed by atoms with Crippen LogP contribution in [0.5, 0.6) is 0 Å². The van der Waals surface area contributed by atoms with Gasteiger partial charge in [0, 0.05) is 0 Å². The number of aliphatic hydroxyl groups is 1. The summed E-state index contributed by atoms with van der Waals surface area (Å²) in [4.78, 5) is 12.3. The molecule has 4 fully saturated rings. The fourth-order valence-corrected chi connectivity index (χ4v) is 6.33. The lowest BCUT2D eigenvalue weighted by Crippen LogP contribution is -2.56. The number of ketones is 1. The molecule has 118 valence electrons. The highest BCUT2D eigenvalue weighted by Crippen LogP contribution is 2.62. The van der Waals surface area contributed by atoms with Crippen molar-refractivity contribution in [3.8, 4) is 0 Å². The first-order valence-corrected chi connectivity index (χ1v) is 8.78. The zero-order valence-electron chi connectivity index (χ0n) is 13.3. The van der Waals surface area contributed by atoms with Gasteiger partial charge in [-0.15, -0.1) is 0 Å². The molecule has 21 heavy (non-hydrogen) atoms. The number of fused-ring (bicyclic) bond motifs is 5. The number of hydrogen-bond donors (Lipinski definition) is 1. The van der Waals surface area contributed by atoms with E-state index in [1.54, 1.807) is 0 Å². The third kappa shape index (κ3) is 1.83. The zero-order chi connectivity index (χ0) is 14.8. The molecule has 0 aromatic rings. The van der Waals surface area contributed by atoms with E-state index in [0.29, 0.717) is 35.6 Å². The van der Waals surface area contributed by atoms with Crippen LogP contribution in [0.4, 0.5) is 0 Å². The van der Waals surface area contributed by atoms with Crippen molar-refractivity contribution in [1.82, 2.24) is 0 Å². The molecule has 1 heterocycles. The molecule has 0 amide bonds. The molecule has 0 spiro atoms. The van der Waals surface area contributed by atoms with E-state index in [0.717, 1.165) is 25.7 Å². The molecule has 3 heteroatoms. The molecular formula is C18H28O3. The molecule has 7 atom stereocenters. The molecule has 1 saturated heterocycles. The van der Waals surface area contributed by atoms with Crippen LogP contribution in [0.15, 0.2) is 0 Å². The zero-order valence-corrected chi connectivity index (χ0v) is 13.3. The molecule has 3 nitrogen and oxygen atoms in total. The van der Waals surface area contributed by atoms with E-state index in [1.807, 2.05) is 0 Å². The maximum Gasteiger partial charge on any atom is 0.166 e. The van der Waals surface area contributed by atoms with Crippen LogP contribution in [-0.2, 0) is 9.53 Å². The molecule has 0 bridgehead atoms. The van der Waals surface area contributed by atoms with Crippen molar-refractivity contribution in [2.24, 2.45) is 28.6 Å². The van der Waals surface area contributed by atoms with Crippen molar-refractivity contribution < 1.29 is 14.6 Å². The maximum atomic E-state index is 12.3. The highest BCUT2D eigenvalue weighted by Gasteiger charge is 2.61. The molecule has 0 aromatic heterocycles. The Balaban J connectivity index is 1.64. The van der Waals surface area contributed by atoms with E-state index in [4.69, 9.17) is 4.74 Å². The lowest BCUT2D eigenvalue weighted by Gasteiger charge is -2.59. The molecule has 1 aliphatic heterocycles. The van der Waals surface area contributed by atoms with Crippen LogP contribution >= 0.6 is 0 Å². The van der Waals surface area contributed by atoms with Gasteiger partial charge in [0.1, 0.15) is 6.61 Å². The third-order valence-corrected chi connectivity index (χ3v) is 7.74. The minimum Gasteiger partial charge on any atom is -0.393 e. The maximum absolute atomic E-state index is 12.3. The lowest BCUT2D eigenvalue weighted by molar-refractivity contribution is -0.149. The molecular weight excluding hydrogens is 264 g/mol. The summed E-state index contributed by atoms with van der Waals surface area (Å²) in [6.45, 7) is 4.94. The Morgan fingerprint density at radius 3 is 2.76 bits per heavy atom. The summed E-state index contributed by atoms with van der Waals surface area (Å²) in [6.07, 6.45) is 7.74. The Bertz CT molecular complexity index is 461. The van der Waals surface area contributed by atoms with Gasteiger partial charge >= 0.3 is 0 Å². The molecule has 0 unspecified atom stereocenters. The van der Waals surface area contributed by atoms with Gasteiger partial charge in [0.15, 0.2) is 5.78 Å². The van der Waals surface area contributed by atoms with Gasteiger partial charge in [-0.3, -0.25) is 4.79 Å². The molecule has 1 N–H and O–H groups in total. The van der Waals surface area contributed by atoms with E-state index in [2.05, 4.69) is 13.8 Å². The SMILES string of the molecule is C[C@]12CC[C@H](O)C[C@H]1CC[C@@H]1[C@@H]2CC[C@]2(C)C(=O)CO[C@@H]12. The minimum atomic E-state index is -0.210. The van der Waals surface area contributed by atoms with Crippen molar-refractivity contribution in [3.05, 3.63) is 0 Å². The molecule has 4 aliphatic rings. The Morgan fingerprint density at radius 1 is 1.14 bits per heavy atom. The fourth-order valence-electron chi connectivity index (χ4n) is 6.33. The predicted molar refractivity (Wildman–Crippen MR) is 79.8 cm³/mol. The van der Waals surface area contributed by atoms with Gasteiger partial charge in [0.2, 0.25) is 0 Å². The van der Waals surface area contributed by atoms with Gasteiger partial charge in [-0.05, 0) is 68.1 Å². The number of ether oxygens (including phenoxy) is 1. The number of hydrogen-bond acceptors (Lipinski definition) is 3. The largest absolute Gasteiger partial charge is 0.393 e. The molecule has 3 saturated carbocycles. The number of carbonyl (C=O) groups excluding carboxylic acids is 1. The van der Waals surface area contributed by atoms with Gasteiger partial charge in [0.25, 0.3) is 0 Å². The summed E-state index contributed by atoms with van der Waals surface area (Å²) in [5.74, 6) is 2.25. The smallest absolute Gasteiger partial charge is 0.166 e. The van der Waals surface area contributed by atoms with E-state index >= 15 is 0 Å². The summed E-state index contributed by atoms with van der Waals surface area (Å²) >= 11 is 0. The Morgan fingerprint density at radius 2 is 1.95 bits per heavy atom. The molecule has 0 aromatic carbocycles. The highest BCUT2D eigenvalue weighted by atomic mass is 16.5. The quantitative estimate of drug-likeness (QED) is 0.746. The standard InChI is InChI=1S/C18H28O3/c1-17-7-5-12(19)9-11(17)3-4-13-14(17)6-8-18(2)15(20)10-21-16(13)18/h11-14,16,19H,3-10H2,1-2H3/t11-,12+,13-,14+,16+,17+,18-/m1/s1. The monoisotopic (exact) mass is 292 g/mol.